The van der Waals surface area contributed by atoms with E-state index < -0.39 is 0 Å². The summed E-state index contributed by atoms with van der Waals surface area (Å²) in [6.45, 7) is 0. The van der Waals surface area contributed by atoms with Gasteiger partial charge in [-0.2, -0.15) is 0 Å². The fraction of sp³-hybridized carbons (Fsp3) is 0.0588. The van der Waals surface area contributed by atoms with Crippen LogP contribution in [0.5, 0.6) is 0 Å². The zero-order chi connectivity index (χ0) is 16.2. The maximum Gasteiger partial charge on any atom is 0.228 e. The predicted octanol–water partition coefficient (Wildman–Crippen LogP) is 5.30. The van der Waals surface area contributed by atoms with Gasteiger partial charge in [-0.05, 0) is 42.0 Å². The normalized spacial score (nSPS) is 10.5. The summed E-state index contributed by atoms with van der Waals surface area (Å²) in [5.74, 6) is -0.106. The molecule has 0 aliphatic rings. The molecule has 116 valence electrons. The van der Waals surface area contributed by atoms with E-state index in [0.717, 1.165) is 21.8 Å². The van der Waals surface area contributed by atoms with Gasteiger partial charge in [0.05, 0.1) is 16.5 Å². The Morgan fingerprint density at radius 3 is 2.52 bits per heavy atom. The molecule has 0 fully saturated rings. The minimum Gasteiger partial charge on any atom is -0.326 e. The molecular formula is C17H12Cl2N2OS. The molecule has 3 nitrogen and oxygen atoms in total. The molecule has 0 saturated heterocycles. The largest absolute Gasteiger partial charge is 0.326 e. The molecule has 6 heteroatoms. The van der Waals surface area contributed by atoms with Gasteiger partial charge in [0, 0.05) is 22.8 Å². The molecular weight excluding hydrogens is 351 g/mol. The highest BCUT2D eigenvalue weighted by molar-refractivity contribution is 7.13. The molecule has 3 aromatic rings. The second kappa shape index (κ2) is 7.13. The first-order valence-electron chi connectivity index (χ1n) is 6.85. The van der Waals surface area contributed by atoms with Crippen LogP contribution in [-0.2, 0) is 11.2 Å². The summed E-state index contributed by atoms with van der Waals surface area (Å²) in [6.07, 6.45) is 2.01. The number of halogens is 2. The quantitative estimate of drug-likeness (QED) is 0.684. The van der Waals surface area contributed by atoms with Crippen molar-refractivity contribution in [1.29, 1.82) is 0 Å². The van der Waals surface area contributed by atoms with E-state index in [1.807, 2.05) is 29.6 Å². The molecule has 1 N–H and O–H groups in total. The van der Waals surface area contributed by atoms with E-state index in [1.165, 1.54) is 0 Å². The topological polar surface area (TPSA) is 42.0 Å². The predicted molar refractivity (Wildman–Crippen MR) is 96.3 cm³/mol. The highest BCUT2D eigenvalue weighted by Crippen LogP contribution is 2.24. The number of carbonyl (C=O) groups is 1. The van der Waals surface area contributed by atoms with E-state index in [-0.39, 0.29) is 12.3 Å². The Morgan fingerprint density at radius 2 is 1.87 bits per heavy atom. The van der Waals surface area contributed by atoms with Gasteiger partial charge in [0.2, 0.25) is 5.91 Å². The van der Waals surface area contributed by atoms with Crippen molar-refractivity contribution in [3.8, 4) is 10.6 Å². The number of rotatable bonds is 4. The SMILES string of the molecule is O=C(Cc1ccc(Cl)c(Cl)c1)Nc1ccc(-c2nccs2)cc1. The Balaban J connectivity index is 1.64. The van der Waals surface area contributed by atoms with Gasteiger partial charge in [0.1, 0.15) is 5.01 Å². The number of carbonyl (C=O) groups excluding carboxylic acids is 1. The average molecular weight is 363 g/mol. The molecule has 0 radical (unpaired) electrons. The molecule has 3 rings (SSSR count). The maximum atomic E-state index is 12.1. The van der Waals surface area contributed by atoms with E-state index in [9.17, 15) is 4.79 Å². The summed E-state index contributed by atoms with van der Waals surface area (Å²) in [5, 5.41) is 6.68. The van der Waals surface area contributed by atoms with Crippen LogP contribution in [0.4, 0.5) is 5.69 Å². The van der Waals surface area contributed by atoms with Crippen molar-refractivity contribution in [3.63, 3.8) is 0 Å². The van der Waals surface area contributed by atoms with Gasteiger partial charge >= 0.3 is 0 Å². The molecule has 1 heterocycles. The van der Waals surface area contributed by atoms with Crippen LogP contribution in [0, 0.1) is 0 Å². The summed E-state index contributed by atoms with van der Waals surface area (Å²) >= 11 is 13.4. The lowest BCUT2D eigenvalue weighted by Crippen LogP contribution is -2.14. The van der Waals surface area contributed by atoms with Crippen molar-refractivity contribution in [1.82, 2.24) is 4.98 Å². The van der Waals surface area contributed by atoms with E-state index in [2.05, 4.69) is 10.3 Å². The average Bonchev–Trinajstić information content (AvgIpc) is 3.06. The first-order valence-corrected chi connectivity index (χ1v) is 8.49. The second-order valence-corrected chi connectivity index (χ2v) is 6.60. The molecule has 0 aliphatic carbocycles. The lowest BCUT2D eigenvalue weighted by molar-refractivity contribution is -0.115. The van der Waals surface area contributed by atoms with Crippen molar-refractivity contribution in [3.05, 3.63) is 69.7 Å². The standard InChI is InChI=1S/C17H12Cl2N2OS/c18-14-6-1-11(9-15(14)19)10-16(22)21-13-4-2-12(3-5-13)17-20-7-8-23-17/h1-9H,10H2,(H,21,22). The van der Waals surface area contributed by atoms with Crippen molar-refractivity contribution in [2.75, 3.05) is 5.32 Å². The Hall–Kier alpha value is -1.88. The molecule has 0 saturated carbocycles. The molecule has 2 aromatic carbocycles. The lowest BCUT2D eigenvalue weighted by Gasteiger charge is -2.07. The van der Waals surface area contributed by atoms with Crippen LogP contribution in [-0.4, -0.2) is 10.9 Å². The number of hydrogen-bond donors (Lipinski definition) is 1. The zero-order valence-electron chi connectivity index (χ0n) is 11.9. The molecule has 1 aromatic heterocycles. The summed E-state index contributed by atoms with van der Waals surface area (Å²) in [6, 6.07) is 12.8. The Labute approximate surface area is 147 Å². The minimum atomic E-state index is -0.106. The van der Waals surface area contributed by atoms with Gasteiger partial charge in [-0.3, -0.25) is 4.79 Å². The lowest BCUT2D eigenvalue weighted by atomic mass is 10.1. The Kier molecular flexibility index (Phi) is 4.96. The van der Waals surface area contributed by atoms with E-state index in [0.29, 0.717) is 10.0 Å². The second-order valence-electron chi connectivity index (χ2n) is 4.89. The Bertz CT molecular complexity index is 817. The van der Waals surface area contributed by atoms with Gasteiger partial charge in [-0.25, -0.2) is 4.98 Å². The zero-order valence-corrected chi connectivity index (χ0v) is 14.3. The number of thiazole rings is 1. The van der Waals surface area contributed by atoms with Crippen molar-refractivity contribution >= 4 is 46.1 Å². The minimum absolute atomic E-state index is 0.106. The molecule has 0 atom stereocenters. The Morgan fingerprint density at radius 1 is 1.09 bits per heavy atom. The van der Waals surface area contributed by atoms with Gasteiger partial charge in [0.25, 0.3) is 0 Å². The number of nitrogens with zero attached hydrogens (tertiary/aromatic N) is 1. The summed E-state index contributed by atoms with van der Waals surface area (Å²) in [7, 11) is 0. The van der Waals surface area contributed by atoms with Crippen molar-refractivity contribution in [2.24, 2.45) is 0 Å². The molecule has 0 spiro atoms. The first kappa shape index (κ1) is 16.0. The smallest absolute Gasteiger partial charge is 0.228 e. The third-order valence-corrected chi connectivity index (χ3v) is 4.76. The number of hydrogen-bond acceptors (Lipinski definition) is 3. The van der Waals surface area contributed by atoms with Gasteiger partial charge in [-0.15, -0.1) is 11.3 Å². The van der Waals surface area contributed by atoms with Crippen LogP contribution in [0.1, 0.15) is 5.56 Å². The number of anilines is 1. The van der Waals surface area contributed by atoms with Crippen LogP contribution in [0.15, 0.2) is 54.0 Å². The summed E-state index contributed by atoms with van der Waals surface area (Å²) in [5.41, 5.74) is 2.59. The van der Waals surface area contributed by atoms with Gasteiger partial charge in [-0.1, -0.05) is 29.3 Å². The summed E-state index contributed by atoms with van der Waals surface area (Å²) in [4.78, 5) is 16.4. The number of nitrogens with one attached hydrogen (secondary N) is 1. The molecule has 23 heavy (non-hydrogen) atoms. The van der Waals surface area contributed by atoms with E-state index in [1.54, 1.807) is 35.7 Å². The van der Waals surface area contributed by atoms with E-state index >= 15 is 0 Å². The monoisotopic (exact) mass is 362 g/mol. The number of aromatic nitrogens is 1. The third-order valence-electron chi connectivity index (χ3n) is 3.20. The van der Waals surface area contributed by atoms with E-state index in [4.69, 9.17) is 23.2 Å². The number of amides is 1. The van der Waals surface area contributed by atoms with Gasteiger partial charge < -0.3 is 5.32 Å². The third kappa shape index (κ3) is 4.10. The van der Waals surface area contributed by atoms with Crippen LogP contribution >= 0.6 is 34.5 Å². The fourth-order valence-corrected chi connectivity index (χ4v) is 3.07. The van der Waals surface area contributed by atoms with Crippen LogP contribution in [0.3, 0.4) is 0 Å². The van der Waals surface area contributed by atoms with Crippen LogP contribution < -0.4 is 5.32 Å². The number of benzene rings is 2. The van der Waals surface area contributed by atoms with Crippen LogP contribution in [0.25, 0.3) is 10.6 Å². The molecule has 0 unspecified atom stereocenters. The van der Waals surface area contributed by atoms with Crippen molar-refractivity contribution in [2.45, 2.75) is 6.42 Å². The first-order chi connectivity index (χ1) is 11.1. The van der Waals surface area contributed by atoms with Gasteiger partial charge in [0.15, 0.2) is 0 Å². The van der Waals surface area contributed by atoms with Crippen LogP contribution in [0.2, 0.25) is 10.0 Å². The fourth-order valence-electron chi connectivity index (χ4n) is 2.10. The molecule has 0 bridgehead atoms. The molecule has 1 amide bonds. The maximum absolute atomic E-state index is 12.1. The highest BCUT2D eigenvalue weighted by Gasteiger charge is 2.07. The molecule has 0 aliphatic heterocycles. The highest BCUT2D eigenvalue weighted by atomic mass is 35.5. The summed E-state index contributed by atoms with van der Waals surface area (Å²) < 4.78 is 0. The van der Waals surface area contributed by atoms with Crippen molar-refractivity contribution < 1.29 is 4.79 Å².